The molecule has 2 unspecified atom stereocenters. The summed E-state index contributed by atoms with van der Waals surface area (Å²) in [5.74, 6) is -0.236. The number of rotatable bonds is 7. The predicted molar refractivity (Wildman–Crippen MR) is 73.3 cm³/mol. The molecule has 0 aliphatic rings. The minimum atomic E-state index is -0.182. The van der Waals surface area contributed by atoms with Crippen molar-refractivity contribution in [2.45, 2.75) is 10.7 Å². The van der Waals surface area contributed by atoms with E-state index < -0.39 is 0 Å². The second-order valence-electron chi connectivity index (χ2n) is 2.62. The highest BCUT2D eigenvalue weighted by atomic mass is 33.1. The van der Waals surface area contributed by atoms with Crippen molar-refractivity contribution < 1.29 is 0 Å². The Morgan fingerprint density at radius 3 is 1.50 bits per heavy atom. The fraction of sp³-hybridized carbons (Fsp3) is 0.250. The van der Waals surface area contributed by atoms with E-state index in [0.717, 1.165) is 0 Å². The van der Waals surface area contributed by atoms with Gasteiger partial charge in [0.25, 0.3) is 0 Å². The lowest BCUT2D eigenvalue weighted by atomic mass is 10.6. The maximum atomic E-state index is 7.08. The number of hydrogen-bond donors (Lipinski definition) is 6. The third-order valence-electron chi connectivity index (χ3n) is 1.29. The van der Waals surface area contributed by atoms with Crippen molar-refractivity contribution in [3.05, 3.63) is 25.3 Å². The van der Waals surface area contributed by atoms with Gasteiger partial charge in [-0.05, 0) is 0 Å². The van der Waals surface area contributed by atoms with Crippen LogP contribution in [0.25, 0.3) is 0 Å². The van der Waals surface area contributed by atoms with Crippen LogP contribution in [0.4, 0.5) is 0 Å². The van der Waals surface area contributed by atoms with Crippen molar-refractivity contribution in [3.63, 3.8) is 0 Å². The molecular weight excluding hydrogens is 244 g/mol. The van der Waals surface area contributed by atoms with Crippen LogP contribution in [0.1, 0.15) is 0 Å². The normalized spacial score (nSPS) is 13.2. The summed E-state index contributed by atoms with van der Waals surface area (Å²) in [5.41, 5.74) is 10.4. The van der Waals surface area contributed by atoms with Crippen LogP contribution >= 0.6 is 21.6 Å². The zero-order valence-corrected chi connectivity index (χ0v) is 10.3. The standard InChI is InChI=1S/C8H16N6S2/c1-3-5(13-7(9)10)15-16-6(4-2)14-8(11)12/h3-6H,1-2H2,(H4,9,10,13)(H4,11,12,14). The third kappa shape index (κ3) is 7.07. The molecule has 0 aliphatic carbocycles. The van der Waals surface area contributed by atoms with Gasteiger partial charge in [-0.25, -0.2) is 0 Å². The number of nitrogens with one attached hydrogen (secondary N) is 4. The molecule has 0 spiro atoms. The Labute approximate surface area is 103 Å². The predicted octanol–water partition coefficient (Wildman–Crippen LogP) is 0.358. The second-order valence-corrected chi connectivity index (χ2v) is 5.18. The van der Waals surface area contributed by atoms with Gasteiger partial charge in [-0.15, -0.1) is 13.2 Å². The fourth-order valence-corrected chi connectivity index (χ4v) is 2.90. The van der Waals surface area contributed by atoms with Crippen LogP contribution in [0.3, 0.4) is 0 Å². The molecule has 0 fully saturated rings. The van der Waals surface area contributed by atoms with Gasteiger partial charge in [0.1, 0.15) is 10.7 Å². The molecule has 0 aromatic heterocycles. The van der Waals surface area contributed by atoms with E-state index in [-0.39, 0.29) is 22.7 Å². The molecule has 16 heavy (non-hydrogen) atoms. The Balaban J connectivity index is 4.06. The Morgan fingerprint density at radius 1 is 1.00 bits per heavy atom. The number of nitrogens with two attached hydrogens (primary N) is 2. The highest BCUT2D eigenvalue weighted by Gasteiger charge is 2.10. The lowest BCUT2D eigenvalue weighted by Gasteiger charge is -2.17. The first-order valence-corrected chi connectivity index (χ1v) is 6.55. The van der Waals surface area contributed by atoms with Crippen LogP contribution in [0.15, 0.2) is 25.3 Å². The summed E-state index contributed by atoms with van der Waals surface area (Å²) in [6, 6.07) is 0. The summed E-state index contributed by atoms with van der Waals surface area (Å²) in [5, 5.41) is 19.2. The highest BCUT2D eigenvalue weighted by molar-refractivity contribution is 8.77. The van der Waals surface area contributed by atoms with Gasteiger partial charge in [0, 0.05) is 0 Å². The topological polar surface area (TPSA) is 124 Å². The smallest absolute Gasteiger partial charge is 0.186 e. The van der Waals surface area contributed by atoms with Gasteiger partial charge in [0.15, 0.2) is 11.9 Å². The van der Waals surface area contributed by atoms with E-state index in [1.165, 1.54) is 21.6 Å². The summed E-state index contributed by atoms with van der Waals surface area (Å²) in [4.78, 5) is 0. The molecule has 0 heterocycles. The van der Waals surface area contributed by atoms with Gasteiger partial charge >= 0.3 is 0 Å². The van der Waals surface area contributed by atoms with Crippen LogP contribution < -0.4 is 22.1 Å². The van der Waals surface area contributed by atoms with Gasteiger partial charge < -0.3 is 22.1 Å². The van der Waals surface area contributed by atoms with Crippen LogP contribution in [-0.4, -0.2) is 22.7 Å². The van der Waals surface area contributed by atoms with Crippen LogP contribution in [0.5, 0.6) is 0 Å². The molecule has 0 saturated carbocycles. The van der Waals surface area contributed by atoms with Gasteiger partial charge in [-0.2, -0.15) is 0 Å². The van der Waals surface area contributed by atoms with Crippen molar-refractivity contribution in [2.24, 2.45) is 11.5 Å². The lowest BCUT2D eigenvalue weighted by Crippen LogP contribution is -2.37. The summed E-state index contributed by atoms with van der Waals surface area (Å²) in [6.45, 7) is 7.23. The maximum Gasteiger partial charge on any atom is 0.186 e. The van der Waals surface area contributed by atoms with E-state index in [4.69, 9.17) is 22.3 Å². The minimum Gasteiger partial charge on any atom is -0.370 e. The molecule has 8 heteroatoms. The van der Waals surface area contributed by atoms with Crippen molar-refractivity contribution in [3.8, 4) is 0 Å². The minimum absolute atomic E-state index is 0.118. The number of guanidine groups is 2. The van der Waals surface area contributed by atoms with Gasteiger partial charge in [0.05, 0.1) is 0 Å². The van der Waals surface area contributed by atoms with Crippen LogP contribution in [0, 0.1) is 10.8 Å². The van der Waals surface area contributed by atoms with Crippen LogP contribution in [0.2, 0.25) is 0 Å². The molecular formula is C8H16N6S2. The second kappa shape index (κ2) is 7.94. The molecule has 8 N–H and O–H groups in total. The van der Waals surface area contributed by atoms with Gasteiger partial charge in [-0.3, -0.25) is 10.8 Å². The number of hydrogen-bond acceptors (Lipinski definition) is 4. The largest absolute Gasteiger partial charge is 0.370 e. The highest BCUT2D eigenvalue weighted by Crippen LogP contribution is 2.29. The SMILES string of the molecule is C=CC(NC(=N)N)SSC(C=C)NC(=N)N. The van der Waals surface area contributed by atoms with Gasteiger partial charge in [0.2, 0.25) is 0 Å². The average Bonchev–Trinajstić information content (AvgIpc) is 2.20. The third-order valence-corrected chi connectivity index (χ3v) is 4.01. The monoisotopic (exact) mass is 260 g/mol. The summed E-state index contributed by atoms with van der Waals surface area (Å²) >= 11 is 0. The van der Waals surface area contributed by atoms with Crippen molar-refractivity contribution in [2.75, 3.05) is 0 Å². The molecule has 0 bridgehead atoms. The zero-order chi connectivity index (χ0) is 12.6. The Kier molecular flexibility index (Phi) is 7.31. The van der Waals surface area contributed by atoms with E-state index in [0.29, 0.717) is 0 Å². The van der Waals surface area contributed by atoms with E-state index in [9.17, 15) is 0 Å². The maximum absolute atomic E-state index is 7.08. The molecule has 6 nitrogen and oxygen atoms in total. The first-order chi connectivity index (χ1) is 7.49. The van der Waals surface area contributed by atoms with Crippen molar-refractivity contribution >= 4 is 33.5 Å². The Bertz CT molecular complexity index is 252. The van der Waals surface area contributed by atoms with Gasteiger partial charge in [-0.1, -0.05) is 33.7 Å². The molecule has 2 atom stereocenters. The molecule has 0 amide bonds. The first-order valence-electron chi connectivity index (χ1n) is 4.28. The van der Waals surface area contributed by atoms with E-state index in [1.54, 1.807) is 12.2 Å². The van der Waals surface area contributed by atoms with Crippen molar-refractivity contribution in [1.29, 1.82) is 10.8 Å². The molecule has 90 valence electrons. The zero-order valence-electron chi connectivity index (χ0n) is 8.69. The molecule has 0 saturated heterocycles. The quantitative estimate of drug-likeness (QED) is 0.129. The first kappa shape index (κ1) is 14.7. The van der Waals surface area contributed by atoms with E-state index >= 15 is 0 Å². The molecule has 0 radical (unpaired) electrons. The molecule has 0 aromatic rings. The molecule has 0 aliphatic heterocycles. The summed E-state index contributed by atoms with van der Waals surface area (Å²) in [6.07, 6.45) is 3.26. The fourth-order valence-electron chi connectivity index (χ4n) is 0.671. The van der Waals surface area contributed by atoms with Crippen molar-refractivity contribution in [1.82, 2.24) is 10.6 Å². The molecule has 0 aromatic carbocycles. The Morgan fingerprint density at radius 2 is 1.31 bits per heavy atom. The lowest BCUT2D eigenvalue weighted by molar-refractivity contribution is 0.952. The average molecular weight is 260 g/mol. The van der Waals surface area contributed by atoms with E-state index in [2.05, 4.69) is 23.8 Å². The van der Waals surface area contributed by atoms with Crippen LogP contribution in [-0.2, 0) is 0 Å². The Hall–Kier alpha value is -1.28. The summed E-state index contributed by atoms with van der Waals surface area (Å²) in [7, 11) is 2.81. The molecule has 0 rings (SSSR count). The summed E-state index contributed by atoms with van der Waals surface area (Å²) < 4.78 is 0. The van der Waals surface area contributed by atoms with E-state index in [1.807, 2.05) is 0 Å².